The minimum Gasteiger partial charge on any atom is -0.313 e. The first-order valence-electron chi connectivity index (χ1n) is 5.77. The Morgan fingerprint density at radius 2 is 2.20 bits per heavy atom. The number of rotatable bonds is 6. The molecule has 1 aliphatic heterocycles. The molecule has 1 atom stereocenters. The molecule has 0 spiro atoms. The van der Waals surface area contributed by atoms with Crippen LogP contribution in [-0.2, 0) is 10.0 Å². The third-order valence-corrected chi connectivity index (χ3v) is 4.74. The van der Waals surface area contributed by atoms with E-state index >= 15 is 0 Å². The van der Waals surface area contributed by atoms with Gasteiger partial charge in [-0.3, -0.25) is 0 Å². The number of hydrogen-bond donors (Lipinski definition) is 1. The molecule has 5 heteroatoms. The Balaban J connectivity index is 2.20. The fourth-order valence-corrected chi connectivity index (χ4v) is 3.44. The molecule has 0 saturated carbocycles. The average molecular weight is 234 g/mol. The van der Waals surface area contributed by atoms with Crippen molar-refractivity contribution in [1.29, 1.82) is 0 Å². The Morgan fingerprint density at radius 3 is 2.73 bits per heavy atom. The minimum absolute atomic E-state index is 0.331. The molecule has 0 aromatic rings. The second-order valence-electron chi connectivity index (χ2n) is 4.21. The van der Waals surface area contributed by atoms with E-state index in [1.807, 2.05) is 0 Å². The van der Waals surface area contributed by atoms with E-state index in [1.165, 1.54) is 0 Å². The van der Waals surface area contributed by atoms with Crippen molar-refractivity contribution in [2.45, 2.75) is 39.2 Å². The second kappa shape index (κ2) is 5.82. The standard InChI is InChI=1S/C10H22N2O2S/c1-3-5-10(2)11-6-8-12-7-4-9-15(12,13)14/h10-11H,3-9H2,1-2H3. The summed E-state index contributed by atoms with van der Waals surface area (Å²) in [5.74, 6) is 0.331. The van der Waals surface area contributed by atoms with Crippen LogP contribution >= 0.6 is 0 Å². The first-order valence-corrected chi connectivity index (χ1v) is 7.38. The molecule has 0 radical (unpaired) electrons. The molecule has 0 aliphatic carbocycles. The van der Waals surface area contributed by atoms with Crippen LogP contribution in [0.1, 0.15) is 33.1 Å². The van der Waals surface area contributed by atoms with E-state index in [0.717, 1.165) is 25.8 Å². The molecule has 1 aliphatic rings. The minimum atomic E-state index is -2.90. The van der Waals surface area contributed by atoms with Crippen LogP contribution in [0.2, 0.25) is 0 Å². The first kappa shape index (κ1) is 12.9. The van der Waals surface area contributed by atoms with E-state index < -0.39 is 10.0 Å². The molecule has 1 heterocycles. The van der Waals surface area contributed by atoms with Gasteiger partial charge >= 0.3 is 0 Å². The number of nitrogens with zero attached hydrogens (tertiary/aromatic N) is 1. The van der Waals surface area contributed by atoms with Gasteiger partial charge in [0.05, 0.1) is 5.75 Å². The van der Waals surface area contributed by atoms with Crippen LogP contribution in [0.4, 0.5) is 0 Å². The van der Waals surface area contributed by atoms with Crippen LogP contribution in [0, 0.1) is 0 Å². The molecule has 0 aromatic carbocycles. The van der Waals surface area contributed by atoms with E-state index in [4.69, 9.17) is 0 Å². The van der Waals surface area contributed by atoms with E-state index in [2.05, 4.69) is 19.2 Å². The quantitative estimate of drug-likeness (QED) is 0.739. The molecule has 90 valence electrons. The van der Waals surface area contributed by atoms with E-state index in [0.29, 0.717) is 24.9 Å². The van der Waals surface area contributed by atoms with Gasteiger partial charge in [0.25, 0.3) is 0 Å². The predicted octanol–water partition coefficient (Wildman–Crippen LogP) is 0.800. The summed E-state index contributed by atoms with van der Waals surface area (Å²) in [5.41, 5.74) is 0. The van der Waals surface area contributed by atoms with Crippen molar-refractivity contribution in [3.05, 3.63) is 0 Å². The van der Waals surface area contributed by atoms with Crippen LogP contribution < -0.4 is 5.32 Å². The van der Waals surface area contributed by atoms with Crippen molar-refractivity contribution in [1.82, 2.24) is 9.62 Å². The van der Waals surface area contributed by atoms with Crippen LogP contribution in [0.25, 0.3) is 0 Å². The Morgan fingerprint density at radius 1 is 1.47 bits per heavy atom. The van der Waals surface area contributed by atoms with Crippen molar-refractivity contribution in [3.63, 3.8) is 0 Å². The third kappa shape index (κ3) is 4.09. The SMILES string of the molecule is CCCC(C)NCCN1CCCS1(=O)=O. The maximum Gasteiger partial charge on any atom is 0.214 e. The van der Waals surface area contributed by atoms with Gasteiger partial charge < -0.3 is 5.32 Å². The first-order chi connectivity index (χ1) is 7.06. The summed E-state index contributed by atoms with van der Waals surface area (Å²) in [7, 11) is -2.90. The molecule has 1 rings (SSSR count). The van der Waals surface area contributed by atoms with Crippen molar-refractivity contribution >= 4 is 10.0 Å². The normalized spacial score (nSPS) is 23.1. The predicted molar refractivity (Wildman–Crippen MR) is 62.3 cm³/mol. The zero-order valence-electron chi connectivity index (χ0n) is 9.70. The maximum absolute atomic E-state index is 11.5. The largest absolute Gasteiger partial charge is 0.313 e. The summed E-state index contributed by atoms with van der Waals surface area (Å²) in [6.45, 7) is 6.38. The molecule has 0 bridgehead atoms. The molecular weight excluding hydrogens is 212 g/mol. The number of nitrogens with one attached hydrogen (secondary N) is 1. The summed E-state index contributed by atoms with van der Waals surface area (Å²) in [6.07, 6.45) is 3.09. The van der Waals surface area contributed by atoms with Gasteiger partial charge in [-0.15, -0.1) is 0 Å². The van der Waals surface area contributed by atoms with Crippen molar-refractivity contribution in [2.24, 2.45) is 0 Å². The molecule has 4 nitrogen and oxygen atoms in total. The van der Waals surface area contributed by atoms with Gasteiger partial charge in [-0.1, -0.05) is 13.3 Å². The van der Waals surface area contributed by atoms with E-state index in [1.54, 1.807) is 4.31 Å². The summed E-state index contributed by atoms with van der Waals surface area (Å²) in [6, 6.07) is 0.486. The Hall–Kier alpha value is -0.130. The maximum atomic E-state index is 11.5. The fraction of sp³-hybridized carbons (Fsp3) is 1.00. The molecule has 0 aromatic heterocycles. The van der Waals surface area contributed by atoms with Gasteiger partial charge in [0.15, 0.2) is 0 Å². The molecule has 1 N–H and O–H groups in total. The molecular formula is C10H22N2O2S. The molecule has 1 unspecified atom stereocenters. The Labute approximate surface area is 93.1 Å². The lowest BCUT2D eigenvalue weighted by Crippen LogP contribution is -2.36. The van der Waals surface area contributed by atoms with Crippen LogP contribution in [0.5, 0.6) is 0 Å². The van der Waals surface area contributed by atoms with Gasteiger partial charge in [0.2, 0.25) is 10.0 Å². The van der Waals surface area contributed by atoms with Gasteiger partial charge in [-0.25, -0.2) is 12.7 Å². The van der Waals surface area contributed by atoms with Gasteiger partial charge in [-0.2, -0.15) is 0 Å². The lowest BCUT2D eigenvalue weighted by atomic mass is 10.2. The third-order valence-electron chi connectivity index (χ3n) is 2.78. The summed E-state index contributed by atoms with van der Waals surface area (Å²) in [5, 5.41) is 3.34. The highest BCUT2D eigenvalue weighted by Crippen LogP contribution is 2.11. The van der Waals surface area contributed by atoms with Crippen LogP contribution in [0.3, 0.4) is 0 Å². The second-order valence-corrected chi connectivity index (χ2v) is 6.30. The highest BCUT2D eigenvalue weighted by Gasteiger charge is 2.27. The van der Waals surface area contributed by atoms with Crippen LogP contribution in [-0.4, -0.2) is 44.2 Å². The molecule has 15 heavy (non-hydrogen) atoms. The van der Waals surface area contributed by atoms with E-state index in [-0.39, 0.29) is 0 Å². The zero-order chi connectivity index (χ0) is 11.3. The number of sulfonamides is 1. The van der Waals surface area contributed by atoms with Gasteiger partial charge in [0, 0.05) is 25.7 Å². The molecule has 1 saturated heterocycles. The van der Waals surface area contributed by atoms with Gasteiger partial charge in [0.1, 0.15) is 0 Å². The monoisotopic (exact) mass is 234 g/mol. The fourth-order valence-electron chi connectivity index (χ4n) is 1.91. The molecule has 0 amide bonds. The Bertz CT molecular complexity index is 277. The van der Waals surface area contributed by atoms with E-state index in [9.17, 15) is 8.42 Å². The van der Waals surface area contributed by atoms with Crippen molar-refractivity contribution < 1.29 is 8.42 Å². The zero-order valence-corrected chi connectivity index (χ0v) is 10.5. The van der Waals surface area contributed by atoms with Crippen molar-refractivity contribution in [2.75, 3.05) is 25.4 Å². The highest BCUT2D eigenvalue weighted by atomic mass is 32.2. The highest BCUT2D eigenvalue weighted by molar-refractivity contribution is 7.89. The molecule has 1 fully saturated rings. The van der Waals surface area contributed by atoms with Crippen molar-refractivity contribution in [3.8, 4) is 0 Å². The summed E-state index contributed by atoms with van der Waals surface area (Å²) in [4.78, 5) is 0. The topological polar surface area (TPSA) is 49.4 Å². The summed E-state index contributed by atoms with van der Waals surface area (Å²) < 4.78 is 24.5. The lowest BCUT2D eigenvalue weighted by molar-refractivity contribution is 0.412. The Kier molecular flexibility index (Phi) is 5.02. The van der Waals surface area contributed by atoms with Gasteiger partial charge in [-0.05, 0) is 19.8 Å². The number of hydrogen-bond acceptors (Lipinski definition) is 3. The van der Waals surface area contributed by atoms with Crippen LogP contribution in [0.15, 0.2) is 0 Å². The lowest BCUT2D eigenvalue weighted by Gasteiger charge is -2.17. The average Bonchev–Trinajstić information content (AvgIpc) is 2.46. The smallest absolute Gasteiger partial charge is 0.214 e. The summed E-state index contributed by atoms with van der Waals surface area (Å²) >= 11 is 0.